The first-order chi connectivity index (χ1) is 19.2. The average molecular weight is 543 g/mol. The Kier molecular flexibility index (Phi) is 8.53. The van der Waals surface area contributed by atoms with Gasteiger partial charge in [-0.25, -0.2) is 0 Å². The van der Waals surface area contributed by atoms with Crippen molar-refractivity contribution < 1.29 is 14.3 Å². The summed E-state index contributed by atoms with van der Waals surface area (Å²) < 4.78 is 11.7. The number of hydrogen-bond acceptors (Lipinski definition) is 5. The smallest absolute Gasteiger partial charge is 0.254 e. The summed E-state index contributed by atoms with van der Waals surface area (Å²) in [6, 6.07) is 25.5. The second-order valence-electron chi connectivity index (χ2n) is 10.9. The predicted octanol–water partition coefficient (Wildman–Crippen LogP) is 5.83. The van der Waals surface area contributed by atoms with Crippen molar-refractivity contribution >= 4 is 17.7 Å². The molecule has 5 nitrogen and oxygen atoms in total. The molecule has 6 rings (SSSR count). The maximum atomic E-state index is 13.3. The second kappa shape index (κ2) is 12.6. The van der Waals surface area contributed by atoms with Crippen molar-refractivity contribution in [1.29, 1.82) is 0 Å². The lowest BCUT2D eigenvalue weighted by molar-refractivity contribution is 0.0303. The highest BCUT2D eigenvalue weighted by molar-refractivity contribution is 7.99. The summed E-state index contributed by atoms with van der Waals surface area (Å²) in [5.41, 5.74) is 5.86. The molecule has 3 heterocycles. The number of ether oxygens (including phenoxy) is 2. The molecular formula is C33H38N2O3S. The van der Waals surface area contributed by atoms with E-state index in [1.54, 1.807) is 0 Å². The number of hydrogen-bond donors (Lipinski definition) is 0. The van der Waals surface area contributed by atoms with Gasteiger partial charge in [-0.2, -0.15) is 0 Å². The maximum absolute atomic E-state index is 13.3. The zero-order valence-corrected chi connectivity index (χ0v) is 23.4. The standard InChI is InChI=1S/C33H38N2O3S/c36-33(35-16-19-37-20-17-35)27-10-11-31-30(23-27)32(29-9-5-4-8-28(29)24-38-31)39-21-18-34-14-12-26(13-15-34)22-25-6-2-1-3-7-25/h1-11,23,26,32H,12-22,24H2. The van der Waals surface area contributed by atoms with Crippen LogP contribution in [0.2, 0.25) is 0 Å². The van der Waals surface area contributed by atoms with Gasteiger partial charge in [0.25, 0.3) is 5.91 Å². The van der Waals surface area contributed by atoms with Gasteiger partial charge in [0.1, 0.15) is 12.4 Å². The number of fused-ring (bicyclic) bond motifs is 2. The Morgan fingerprint density at radius 3 is 2.46 bits per heavy atom. The van der Waals surface area contributed by atoms with E-state index < -0.39 is 0 Å². The van der Waals surface area contributed by atoms with Crippen LogP contribution in [0.25, 0.3) is 0 Å². The zero-order chi connectivity index (χ0) is 26.4. The molecule has 3 aliphatic rings. The van der Waals surface area contributed by atoms with Gasteiger partial charge < -0.3 is 19.3 Å². The summed E-state index contributed by atoms with van der Waals surface area (Å²) in [7, 11) is 0. The van der Waals surface area contributed by atoms with Crippen molar-refractivity contribution in [2.75, 3.05) is 51.7 Å². The first kappa shape index (κ1) is 26.4. The number of nitrogens with zero attached hydrogens (tertiary/aromatic N) is 2. The normalized spacial score (nSPS) is 20.0. The molecule has 0 spiro atoms. The van der Waals surface area contributed by atoms with Crippen LogP contribution in [-0.4, -0.2) is 67.4 Å². The number of amides is 1. The lowest BCUT2D eigenvalue weighted by Gasteiger charge is -2.32. The third kappa shape index (κ3) is 6.34. The summed E-state index contributed by atoms with van der Waals surface area (Å²) in [6.45, 7) is 6.51. The van der Waals surface area contributed by atoms with Crippen molar-refractivity contribution in [3.63, 3.8) is 0 Å². The minimum absolute atomic E-state index is 0.0840. The van der Waals surface area contributed by atoms with Crippen molar-refractivity contribution in [3.05, 3.63) is 101 Å². The Hall–Kier alpha value is -2.80. The molecule has 1 amide bonds. The largest absolute Gasteiger partial charge is 0.489 e. The predicted molar refractivity (Wildman–Crippen MR) is 158 cm³/mol. The minimum atomic E-state index is 0.0840. The molecule has 0 aromatic heterocycles. The maximum Gasteiger partial charge on any atom is 0.254 e. The van der Waals surface area contributed by atoms with Crippen LogP contribution in [0.5, 0.6) is 5.75 Å². The number of benzene rings is 3. The van der Waals surface area contributed by atoms with Gasteiger partial charge in [-0.3, -0.25) is 4.79 Å². The van der Waals surface area contributed by atoms with E-state index in [1.807, 2.05) is 28.8 Å². The van der Waals surface area contributed by atoms with Gasteiger partial charge >= 0.3 is 0 Å². The van der Waals surface area contributed by atoms with Crippen LogP contribution in [0.4, 0.5) is 0 Å². The SMILES string of the molecule is O=C(c1ccc2c(c1)C(SCCN1CCC(Cc3ccccc3)CC1)c1ccccc1CO2)N1CCOCC1. The molecule has 3 aliphatic heterocycles. The number of piperidine rings is 1. The van der Waals surface area contributed by atoms with Gasteiger partial charge in [-0.1, -0.05) is 54.6 Å². The van der Waals surface area contributed by atoms with Crippen LogP contribution in [-0.2, 0) is 17.8 Å². The summed E-state index contributed by atoms with van der Waals surface area (Å²) >= 11 is 1.98. The fraction of sp³-hybridized carbons (Fsp3) is 0.424. The molecule has 6 heteroatoms. The first-order valence-corrected chi connectivity index (χ1v) is 15.4. The Morgan fingerprint density at radius 1 is 0.872 bits per heavy atom. The lowest BCUT2D eigenvalue weighted by atomic mass is 9.90. The van der Waals surface area contributed by atoms with E-state index >= 15 is 0 Å². The molecule has 39 heavy (non-hydrogen) atoms. The molecule has 0 radical (unpaired) electrons. The van der Waals surface area contributed by atoms with Gasteiger partial charge in [0.05, 0.1) is 18.5 Å². The summed E-state index contributed by atoms with van der Waals surface area (Å²) in [5.74, 6) is 2.81. The van der Waals surface area contributed by atoms with Crippen LogP contribution in [0.3, 0.4) is 0 Å². The monoisotopic (exact) mass is 542 g/mol. The summed E-state index contributed by atoms with van der Waals surface area (Å²) in [4.78, 5) is 17.8. The number of morpholine rings is 1. The molecule has 0 N–H and O–H groups in total. The van der Waals surface area contributed by atoms with Gasteiger partial charge in [0.15, 0.2) is 0 Å². The van der Waals surface area contributed by atoms with Crippen molar-refractivity contribution in [2.45, 2.75) is 31.1 Å². The molecule has 3 aromatic carbocycles. The van der Waals surface area contributed by atoms with Crippen LogP contribution in [0.15, 0.2) is 72.8 Å². The third-order valence-corrected chi connectivity index (χ3v) is 9.58. The quantitative estimate of drug-likeness (QED) is 0.376. The number of rotatable bonds is 7. The average Bonchev–Trinajstić information content (AvgIpc) is 3.15. The lowest BCUT2D eigenvalue weighted by Crippen LogP contribution is -2.40. The molecule has 0 bridgehead atoms. The van der Waals surface area contributed by atoms with Crippen molar-refractivity contribution in [2.24, 2.45) is 5.92 Å². The molecule has 1 atom stereocenters. The molecule has 204 valence electrons. The van der Waals surface area contributed by atoms with E-state index in [2.05, 4.69) is 65.6 Å². The number of carbonyl (C=O) groups excluding carboxylic acids is 1. The molecule has 2 saturated heterocycles. The molecule has 1 unspecified atom stereocenters. The van der Waals surface area contributed by atoms with Gasteiger partial charge in [-0.15, -0.1) is 11.8 Å². The Morgan fingerprint density at radius 2 is 1.64 bits per heavy atom. The molecule has 3 aromatic rings. The topological polar surface area (TPSA) is 42.0 Å². The summed E-state index contributed by atoms with van der Waals surface area (Å²) in [5, 5.41) is 0.145. The van der Waals surface area contributed by atoms with Crippen molar-refractivity contribution in [3.8, 4) is 5.75 Å². The van der Waals surface area contributed by atoms with Crippen LogP contribution in [0.1, 0.15) is 50.7 Å². The third-order valence-electron chi connectivity index (χ3n) is 8.32. The molecule has 2 fully saturated rings. The van der Waals surface area contributed by atoms with Crippen molar-refractivity contribution in [1.82, 2.24) is 9.80 Å². The Balaban J connectivity index is 1.13. The molecule has 0 saturated carbocycles. The minimum Gasteiger partial charge on any atom is -0.489 e. The highest BCUT2D eigenvalue weighted by atomic mass is 32.2. The molecule has 0 aliphatic carbocycles. The Labute approximate surface area is 236 Å². The fourth-order valence-corrected chi connectivity index (χ4v) is 7.42. The Bertz CT molecular complexity index is 1250. The van der Waals surface area contributed by atoms with Crippen LogP contribution < -0.4 is 4.74 Å². The van der Waals surface area contributed by atoms with E-state index in [9.17, 15) is 4.79 Å². The zero-order valence-electron chi connectivity index (χ0n) is 22.6. The molecular weight excluding hydrogens is 504 g/mol. The highest BCUT2D eigenvalue weighted by Gasteiger charge is 2.28. The summed E-state index contributed by atoms with van der Waals surface area (Å²) in [6.07, 6.45) is 3.75. The van der Waals surface area contributed by atoms with E-state index in [1.165, 1.54) is 49.0 Å². The van der Waals surface area contributed by atoms with Gasteiger partial charge in [-0.05, 0) is 73.2 Å². The van der Waals surface area contributed by atoms with E-state index in [4.69, 9.17) is 9.47 Å². The van der Waals surface area contributed by atoms with E-state index in [0.29, 0.717) is 32.9 Å². The van der Waals surface area contributed by atoms with Crippen LogP contribution >= 0.6 is 11.8 Å². The van der Waals surface area contributed by atoms with Gasteiger partial charge in [0.2, 0.25) is 0 Å². The highest BCUT2D eigenvalue weighted by Crippen LogP contribution is 2.44. The number of thioether (sulfide) groups is 1. The first-order valence-electron chi connectivity index (χ1n) is 14.3. The number of likely N-dealkylation sites (tertiary alicyclic amines) is 1. The number of carbonyl (C=O) groups is 1. The van der Waals surface area contributed by atoms with E-state index in [-0.39, 0.29) is 11.2 Å². The fourth-order valence-electron chi connectivity index (χ4n) is 6.05. The van der Waals surface area contributed by atoms with E-state index in [0.717, 1.165) is 35.1 Å². The van der Waals surface area contributed by atoms with Crippen LogP contribution in [0, 0.1) is 5.92 Å². The van der Waals surface area contributed by atoms with Gasteiger partial charge in [0, 0.05) is 36.5 Å². The second-order valence-corrected chi connectivity index (χ2v) is 12.1.